The molecule has 0 aliphatic rings. The summed E-state index contributed by atoms with van der Waals surface area (Å²) in [6.45, 7) is 0.0248. The van der Waals surface area contributed by atoms with Crippen LogP contribution in [0.25, 0.3) is 0 Å². The molecule has 2 nitrogen and oxygen atoms in total. The molecule has 0 radical (unpaired) electrons. The Labute approximate surface area is 118 Å². The number of methoxy groups -OCH3 is 1. The van der Waals surface area contributed by atoms with Gasteiger partial charge in [0.25, 0.3) is 0 Å². The number of rotatable bonds is 4. The van der Waals surface area contributed by atoms with Crippen molar-refractivity contribution in [2.24, 2.45) is 0 Å². The third-order valence-electron chi connectivity index (χ3n) is 2.54. The summed E-state index contributed by atoms with van der Waals surface area (Å²) in [6.07, 6.45) is 0. The molecule has 19 heavy (non-hydrogen) atoms. The summed E-state index contributed by atoms with van der Waals surface area (Å²) in [4.78, 5) is 0. The van der Waals surface area contributed by atoms with Gasteiger partial charge in [0.15, 0.2) is 0 Å². The summed E-state index contributed by atoms with van der Waals surface area (Å²) in [5.74, 6) is 0.0215. The molecule has 0 heterocycles. The van der Waals surface area contributed by atoms with E-state index >= 15 is 0 Å². The van der Waals surface area contributed by atoms with E-state index in [9.17, 15) is 8.78 Å². The predicted molar refractivity (Wildman–Crippen MR) is 71.4 cm³/mol. The summed E-state index contributed by atoms with van der Waals surface area (Å²) in [5.41, 5.74) is 0.295. The molecule has 0 aliphatic heterocycles. The fourth-order valence-electron chi connectivity index (χ4n) is 1.52. The van der Waals surface area contributed by atoms with Crippen LogP contribution in [0.5, 0.6) is 11.5 Å². The first-order valence-corrected chi connectivity index (χ1v) is 6.29. The quantitative estimate of drug-likeness (QED) is 0.832. The number of hydrogen-bond donors (Lipinski definition) is 0. The molecule has 0 aromatic heterocycles. The minimum Gasteiger partial charge on any atom is -0.497 e. The smallest absolute Gasteiger partial charge is 0.134 e. The SMILES string of the molecule is COc1ccc(OCc2ccc(F)cc2F)c(Br)c1. The van der Waals surface area contributed by atoms with E-state index < -0.39 is 11.6 Å². The Hall–Kier alpha value is -1.62. The highest BCUT2D eigenvalue weighted by molar-refractivity contribution is 9.10. The Morgan fingerprint density at radius 2 is 1.89 bits per heavy atom. The summed E-state index contributed by atoms with van der Waals surface area (Å²) in [5, 5.41) is 0. The molecule has 2 rings (SSSR count). The standard InChI is InChI=1S/C14H11BrF2O2/c1-18-11-4-5-14(12(15)7-11)19-8-9-2-3-10(16)6-13(9)17/h2-7H,8H2,1H3. The first-order chi connectivity index (χ1) is 9.10. The molecule has 0 fully saturated rings. The van der Waals surface area contributed by atoms with Gasteiger partial charge in [-0.25, -0.2) is 8.78 Å². The van der Waals surface area contributed by atoms with E-state index in [4.69, 9.17) is 9.47 Å². The average Bonchev–Trinajstić information content (AvgIpc) is 2.39. The molecule has 0 bridgehead atoms. The third-order valence-corrected chi connectivity index (χ3v) is 3.16. The normalized spacial score (nSPS) is 10.3. The molecule has 5 heteroatoms. The van der Waals surface area contributed by atoms with E-state index in [2.05, 4.69) is 15.9 Å². The molecule has 100 valence electrons. The number of ether oxygens (including phenoxy) is 2. The maximum absolute atomic E-state index is 13.4. The summed E-state index contributed by atoms with van der Waals surface area (Å²) >= 11 is 3.33. The fourth-order valence-corrected chi connectivity index (χ4v) is 1.99. The van der Waals surface area contributed by atoms with Gasteiger partial charge in [-0.3, -0.25) is 0 Å². The lowest BCUT2D eigenvalue weighted by Gasteiger charge is -2.10. The topological polar surface area (TPSA) is 18.5 Å². The summed E-state index contributed by atoms with van der Waals surface area (Å²) in [6, 6.07) is 8.59. The molecule has 0 aliphatic carbocycles. The van der Waals surface area contributed by atoms with Crippen LogP contribution in [0.2, 0.25) is 0 Å². The van der Waals surface area contributed by atoms with Crippen LogP contribution in [0.4, 0.5) is 8.78 Å². The van der Waals surface area contributed by atoms with Crippen LogP contribution in [0, 0.1) is 11.6 Å². The minimum atomic E-state index is -0.621. The van der Waals surface area contributed by atoms with E-state index in [0.29, 0.717) is 21.5 Å². The number of benzene rings is 2. The highest BCUT2D eigenvalue weighted by atomic mass is 79.9. The van der Waals surface area contributed by atoms with Crippen LogP contribution in [-0.4, -0.2) is 7.11 Å². The van der Waals surface area contributed by atoms with Crippen molar-refractivity contribution in [1.29, 1.82) is 0 Å². The minimum absolute atomic E-state index is 0.0248. The van der Waals surface area contributed by atoms with Crippen molar-refractivity contribution in [2.75, 3.05) is 7.11 Å². The van der Waals surface area contributed by atoms with Crippen molar-refractivity contribution >= 4 is 15.9 Å². The van der Waals surface area contributed by atoms with Crippen molar-refractivity contribution in [3.05, 3.63) is 58.1 Å². The van der Waals surface area contributed by atoms with Gasteiger partial charge in [-0.1, -0.05) is 0 Å². The number of halogens is 3. The van der Waals surface area contributed by atoms with Crippen LogP contribution in [0.1, 0.15) is 5.56 Å². The molecular formula is C14H11BrF2O2. The van der Waals surface area contributed by atoms with Gasteiger partial charge in [0.2, 0.25) is 0 Å². The van der Waals surface area contributed by atoms with Gasteiger partial charge in [0.05, 0.1) is 11.6 Å². The second-order valence-corrected chi connectivity index (χ2v) is 4.68. The van der Waals surface area contributed by atoms with E-state index in [1.807, 2.05) is 0 Å². The molecule has 2 aromatic rings. The molecule has 0 N–H and O–H groups in total. The molecule has 0 amide bonds. The summed E-state index contributed by atoms with van der Waals surface area (Å²) in [7, 11) is 1.57. The van der Waals surface area contributed by atoms with Gasteiger partial charge >= 0.3 is 0 Å². The van der Waals surface area contributed by atoms with Crippen LogP contribution >= 0.6 is 15.9 Å². The number of hydrogen-bond acceptors (Lipinski definition) is 2. The van der Waals surface area contributed by atoms with Gasteiger partial charge in [0.1, 0.15) is 29.7 Å². The molecule has 0 saturated heterocycles. The van der Waals surface area contributed by atoms with Crippen LogP contribution in [-0.2, 0) is 6.61 Å². The van der Waals surface area contributed by atoms with Gasteiger partial charge in [-0.05, 0) is 46.3 Å². The largest absolute Gasteiger partial charge is 0.497 e. The lowest BCUT2D eigenvalue weighted by molar-refractivity contribution is 0.297. The van der Waals surface area contributed by atoms with Gasteiger partial charge in [-0.2, -0.15) is 0 Å². The van der Waals surface area contributed by atoms with E-state index in [1.54, 1.807) is 25.3 Å². The Bertz CT molecular complexity index is 588. The zero-order chi connectivity index (χ0) is 13.8. The summed E-state index contributed by atoms with van der Waals surface area (Å²) < 4.78 is 37.4. The van der Waals surface area contributed by atoms with Gasteiger partial charge < -0.3 is 9.47 Å². The molecule has 0 spiro atoms. The molecule has 0 saturated carbocycles. The molecular weight excluding hydrogens is 318 g/mol. The van der Waals surface area contributed by atoms with E-state index in [0.717, 1.165) is 6.07 Å². The Balaban J connectivity index is 2.10. The van der Waals surface area contributed by atoms with Gasteiger partial charge in [-0.15, -0.1) is 0 Å². The molecule has 2 aromatic carbocycles. The second-order valence-electron chi connectivity index (χ2n) is 3.82. The first kappa shape index (κ1) is 13.8. The van der Waals surface area contributed by atoms with Crippen molar-refractivity contribution in [1.82, 2.24) is 0 Å². The lowest BCUT2D eigenvalue weighted by Crippen LogP contribution is -1.99. The maximum atomic E-state index is 13.4. The monoisotopic (exact) mass is 328 g/mol. The fraction of sp³-hybridized carbons (Fsp3) is 0.143. The highest BCUT2D eigenvalue weighted by Gasteiger charge is 2.07. The zero-order valence-electron chi connectivity index (χ0n) is 10.1. The highest BCUT2D eigenvalue weighted by Crippen LogP contribution is 2.29. The van der Waals surface area contributed by atoms with Crippen molar-refractivity contribution in [3.63, 3.8) is 0 Å². The average molecular weight is 329 g/mol. The van der Waals surface area contributed by atoms with E-state index in [-0.39, 0.29) is 6.61 Å². The van der Waals surface area contributed by atoms with Gasteiger partial charge in [0, 0.05) is 11.6 Å². The Morgan fingerprint density at radius 3 is 2.53 bits per heavy atom. The maximum Gasteiger partial charge on any atom is 0.134 e. The van der Waals surface area contributed by atoms with E-state index in [1.165, 1.54) is 12.1 Å². The van der Waals surface area contributed by atoms with Crippen molar-refractivity contribution in [2.45, 2.75) is 6.61 Å². The first-order valence-electron chi connectivity index (χ1n) is 5.50. The van der Waals surface area contributed by atoms with Crippen LogP contribution in [0.15, 0.2) is 40.9 Å². The van der Waals surface area contributed by atoms with Crippen LogP contribution in [0.3, 0.4) is 0 Å². The third kappa shape index (κ3) is 3.44. The molecule has 0 unspecified atom stereocenters. The predicted octanol–water partition coefficient (Wildman–Crippen LogP) is 4.31. The zero-order valence-corrected chi connectivity index (χ0v) is 11.7. The molecule has 0 atom stereocenters. The van der Waals surface area contributed by atoms with Crippen molar-refractivity contribution in [3.8, 4) is 11.5 Å². The Kier molecular flexibility index (Phi) is 4.37. The van der Waals surface area contributed by atoms with Crippen molar-refractivity contribution < 1.29 is 18.3 Å². The van der Waals surface area contributed by atoms with Crippen LogP contribution < -0.4 is 9.47 Å². The second kappa shape index (κ2) is 6.02. The lowest BCUT2D eigenvalue weighted by atomic mass is 10.2. The Morgan fingerprint density at radius 1 is 1.11 bits per heavy atom.